The molecule has 3 aromatic rings. The lowest BCUT2D eigenvalue weighted by Crippen LogP contribution is -1.83. The van der Waals surface area contributed by atoms with Crippen molar-refractivity contribution in [1.82, 2.24) is 0 Å². The number of aryl methyl sites for hydroxylation is 1. The van der Waals surface area contributed by atoms with Crippen LogP contribution < -0.4 is 0 Å². The molecule has 0 saturated heterocycles. The molecule has 0 aliphatic carbocycles. The maximum absolute atomic E-state index is 6.50. The van der Waals surface area contributed by atoms with Gasteiger partial charge < -0.3 is 0 Å². The van der Waals surface area contributed by atoms with Crippen LogP contribution in [0.1, 0.15) is 5.56 Å². The summed E-state index contributed by atoms with van der Waals surface area (Å²) >= 11 is 8.24. The molecule has 0 saturated carbocycles. The molecular formula is C18H14ClS+. The minimum absolute atomic E-state index is 0.848. The molecule has 0 atom stereocenters. The molecule has 0 N–H and O–H groups in total. The van der Waals surface area contributed by atoms with Gasteiger partial charge in [0.1, 0.15) is 5.02 Å². The molecule has 1 aromatic heterocycles. The largest absolute Gasteiger partial charge is 0.257 e. The average Bonchev–Trinajstić information content (AvgIpc) is 2.51. The Balaban J connectivity index is 2.19. The van der Waals surface area contributed by atoms with Crippen LogP contribution in [-0.2, 0) is 0 Å². The molecule has 20 heavy (non-hydrogen) atoms. The molecule has 0 fully saturated rings. The van der Waals surface area contributed by atoms with Gasteiger partial charge in [-0.15, -0.1) is 0 Å². The van der Waals surface area contributed by atoms with Gasteiger partial charge >= 0.3 is 0 Å². The van der Waals surface area contributed by atoms with Crippen molar-refractivity contribution in [2.45, 2.75) is 6.92 Å². The van der Waals surface area contributed by atoms with Gasteiger partial charge in [0.2, 0.25) is 16.2 Å². The lowest BCUT2D eigenvalue weighted by Gasteiger charge is -2.01. The average molecular weight is 298 g/mol. The van der Waals surface area contributed by atoms with Crippen molar-refractivity contribution in [3.05, 3.63) is 77.3 Å². The first-order chi connectivity index (χ1) is 9.75. The van der Waals surface area contributed by atoms with E-state index in [1.807, 2.05) is 24.3 Å². The third-order valence-electron chi connectivity index (χ3n) is 3.20. The number of hydrogen-bond acceptors (Lipinski definition) is 0. The first-order valence-corrected chi connectivity index (χ1v) is 7.69. The summed E-state index contributed by atoms with van der Waals surface area (Å²) < 4.78 is 0. The molecule has 3 rings (SSSR count). The first-order valence-electron chi connectivity index (χ1n) is 6.50. The maximum atomic E-state index is 6.50. The Morgan fingerprint density at radius 1 is 0.800 bits per heavy atom. The Kier molecular flexibility index (Phi) is 3.81. The molecule has 0 aliphatic rings. The summed E-state index contributed by atoms with van der Waals surface area (Å²) in [7, 11) is 0. The molecular weight excluding hydrogens is 284 g/mol. The van der Waals surface area contributed by atoms with Crippen LogP contribution in [0.5, 0.6) is 0 Å². The number of benzene rings is 2. The summed E-state index contributed by atoms with van der Waals surface area (Å²) in [6.07, 6.45) is 0. The highest BCUT2D eigenvalue weighted by atomic mass is 35.5. The van der Waals surface area contributed by atoms with Gasteiger partial charge in [-0.1, -0.05) is 48.0 Å². The Morgan fingerprint density at radius 2 is 1.35 bits per heavy atom. The predicted octanol–water partition coefficient (Wildman–Crippen LogP) is 6.33. The van der Waals surface area contributed by atoms with Crippen molar-refractivity contribution in [2.75, 3.05) is 0 Å². The zero-order chi connectivity index (χ0) is 13.9. The van der Waals surface area contributed by atoms with Crippen LogP contribution in [0.3, 0.4) is 0 Å². The van der Waals surface area contributed by atoms with Gasteiger partial charge in [0.05, 0.1) is 0 Å². The fraction of sp³-hybridized carbons (Fsp3) is 0.0556. The van der Waals surface area contributed by atoms with E-state index in [0.717, 1.165) is 15.5 Å². The van der Waals surface area contributed by atoms with Crippen LogP contribution in [0.2, 0.25) is 5.02 Å². The normalized spacial score (nSPS) is 10.5. The van der Waals surface area contributed by atoms with Crippen LogP contribution in [0.15, 0.2) is 66.7 Å². The van der Waals surface area contributed by atoms with Gasteiger partial charge in [-0.3, -0.25) is 0 Å². The summed E-state index contributed by atoms with van der Waals surface area (Å²) in [4.78, 5) is 2.37. The van der Waals surface area contributed by atoms with E-state index in [9.17, 15) is 0 Å². The van der Waals surface area contributed by atoms with Crippen molar-refractivity contribution < 1.29 is 0 Å². The highest BCUT2D eigenvalue weighted by Crippen LogP contribution is 2.39. The van der Waals surface area contributed by atoms with E-state index in [1.165, 1.54) is 16.0 Å². The predicted molar refractivity (Wildman–Crippen MR) is 89.3 cm³/mol. The Labute approximate surface area is 128 Å². The number of rotatable bonds is 2. The van der Waals surface area contributed by atoms with Crippen LogP contribution >= 0.6 is 22.9 Å². The van der Waals surface area contributed by atoms with E-state index in [1.54, 1.807) is 11.3 Å². The van der Waals surface area contributed by atoms with Crippen molar-refractivity contribution in [3.63, 3.8) is 0 Å². The van der Waals surface area contributed by atoms with Gasteiger partial charge in [-0.25, -0.2) is 0 Å². The van der Waals surface area contributed by atoms with E-state index < -0.39 is 0 Å². The van der Waals surface area contributed by atoms with Gasteiger partial charge in [-0.05, 0) is 36.8 Å². The Bertz CT molecular complexity index is 721. The van der Waals surface area contributed by atoms with Crippen LogP contribution in [0.4, 0.5) is 0 Å². The highest BCUT2D eigenvalue weighted by molar-refractivity contribution is 7.19. The van der Waals surface area contributed by atoms with Gasteiger partial charge in [-0.2, -0.15) is 0 Å². The zero-order valence-corrected chi connectivity index (χ0v) is 12.7. The minimum Gasteiger partial charge on any atom is -0.0778 e. The smallest absolute Gasteiger partial charge is 0.0778 e. The first kappa shape index (κ1) is 13.3. The molecule has 1 heterocycles. The number of hydrogen-bond donors (Lipinski definition) is 0. The van der Waals surface area contributed by atoms with Crippen molar-refractivity contribution >= 4 is 22.9 Å². The monoisotopic (exact) mass is 297 g/mol. The molecule has 0 nitrogen and oxygen atoms in total. The van der Waals surface area contributed by atoms with Crippen molar-refractivity contribution in [2.24, 2.45) is 0 Å². The Hall–Kier alpha value is -1.70. The van der Waals surface area contributed by atoms with E-state index in [-0.39, 0.29) is 0 Å². The van der Waals surface area contributed by atoms with Crippen LogP contribution in [0.25, 0.3) is 20.9 Å². The second kappa shape index (κ2) is 5.74. The molecule has 2 aromatic carbocycles. The maximum Gasteiger partial charge on any atom is 0.257 e. The van der Waals surface area contributed by atoms with Gasteiger partial charge in [0, 0.05) is 17.2 Å². The fourth-order valence-electron chi connectivity index (χ4n) is 2.14. The number of halogens is 1. The van der Waals surface area contributed by atoms with Crippen LogP contribution in [-0.4, -0.2) is 0 Å². The molecule has 98 valence electrons. The second-order valence-electron chi connectivity index (χ2n) is 4.67. The summed E-state index contributed by atoms with van der Waals surface area (Å²) in [6, 6.07) is 22.9. The lowest BCUT2D eigenvalue weighted by molar-refractivity contribution is 1.50. The SMILES string of the molecule is Cc1cc(-c2ccccc2)[s+]c(-c2ccccc2)c1Cl. The van der Waals surface area contributed by atoms with E-state index in [2.05, 4.69) is 49.4 Å². The summed E-state index contributed by atoms with van der Waals surface area (Å²) in [5.74, 6) is 0. The summed E-state index contributed by atoms with van der Waals surface area (Å²) in [5.41, 5.74) is 3.51. The molecule has 0 spiro atoms. The molecule has 0 amide bonds. The Morgan fingerprint density at radius 3 is 1.95 bits per heavy atom. The summed E-state index contributed by atoms with van der Waals surface area (Å²) in [6.45, 7) is 2.06. The highest BCUT2D eigenvalue weighted by Gasteiger charge is 2.22. The summed E-state index contributed by atoms with van der Waals surface area (Å²) in [5, 5.41) is 0.848. The zero-order valence-electron chi connectivity index (χ0n) is 11.1. The van der Waals surface area contributed by atoms with E-state index >= 15 is 0 Å². The molecule has 0 radical (unpaired) electrons. The van der Waals surface area contributed by atoms with Gasteiger partial charge in [0.25, 0.3) is 4.88 Å². The van der Waals surface area contributed by atoms with E-state index in [0.29, 0.717) is 0 Å². The molecule has 0 aliphatic heterocycles. The van der Waals surface area contributed by atoms with Crippen LogP contribution in [0, 0.1) is 6.92 Å². The van der Waals surface area contributed by atoms with Crippen molar-refractivity contribution in [3.8, 4) is 20.9 Å². The third-order valence-corrected chi connectivity index (χ3v) is 5.02. The van der Waals surface area contributed by atoms with E-state index in [4.69, 9.17) is 11.6 Å². The fourth-order valence-corrected chi connectivity index (χ4v) is 3.64. The van der Waals surface area contributed by atoms with Crippen molar-refractivity contribution in [1.29, 1.82) is 0 Å². The molecule has 2 heteroatoms. The lowest BCUT2D eigenvalue weighted by atomic mass is 10.1. The minimum atomic E-state index is 0.848. The standard InChI is InChI=1S/C18H14ClS/c1-13-12-16(14-8-4-2-5-9-14)20-18(17(13)19)15-10-6-3-7-11-15/h2-12H,1H3/q+1. The van der Waals surface area contributed by atoms with Gasteiger partial charge in [0.15, 0.2) is 0 Å². The molecule has 0 bridgehead atoms. The quantitative estimate of drug-likeness (QED) is 0.485. The topological polar surface area (TPSA) is 0 Å². The molecule has 0 unspecified atom stereocenters. The second-order valence-corrected chi connectivity index (χ2v) is 6.10. The third kappa shape index (κ3) is 2.60.